The van der Waals surface area contributed by atoms with Crippen molar-refractivity contribution in [3.05, 3.63) is 29.8 Å². The fraction of sp³-hybridized carbons (Fsp3) is 0.571. The number of nitrogens with two attached hydrogens (primary N) is 1. The fourth-order valence-corrected chi connectivity index (χ4v) is 1.71. The van der Waals surface area contributed by atoms with Crippen LogP contribution in [-0.4, -0.2) is 19.6 Å². The molecule has 0 aromatic heterocycles. The molecule has 19 heavy (non-hydrogen) atoms. The second kappa shape index (κ2) is 6.28. The molecular formula is C14H21F3N2. The molecule has 2 nitrogen and oxygen atoms in total. The molecule has 0 saturated heterocycles. The Kier molecular flexibility index (Phi) is 5.23. The maximum absolute atomic E-state index is 12.4. The van der Waals surface area contributed by atoms with Gasteiger partial charge in [0.25, 0.3) is 0 Å². The number of hydrogen-bond acceptors (Lipinski definition) is 2. The van der Waals surface area contributed by atoms with Crippen LogP contribution in [0.15, 0.2) is 24.3 Å². The van der Waals surface area contributed by atoms with Crippen molar-refractivity contribution >= 4 is 5.69 Å². The summed E-state index contributed by atoms with van der Waals surface area (Å²) in [5, 5.41) is 0. The molecule has 2 N–H and O–H groups in total. The molecule has 1 aromatic rings. The first-order valence-electron chi connectivity index (χ1n) is 6.35. The van der Waals surface area contributed by atoms with Crippen molar-refractivity contribution in [3.8, 4) is 0 Å². The number of anilines is 1. The summed E-state index contributed by atoms with van der Waals surface area (Å²) in [4.78, 5) is 1.92. The summed E-state index contributed by atoms with van der Waals surface area (Å²) in [6.45, 7) is 4.84. The van der Waals surface area contributed by atoms with Crippen molar-refractivity contribution in [3.63, 3.8) is 0 Å². The van der Waals surface area contributed by atoms with Crippen molar-refractivity contribution in [2.45, 2.75) is 32.5 Å². The minimum Gasteiger partial charge on any atom is -0.375 e. The summed E-state index contributed by atoms with van der Waals surface area (Å²) in [5.74, 6) is 0.404. The van der Waals surface area contributed by atoms with Gasteiger partial charge < -0.3 is 10.6 Å². The Morgan fingerprint density at radius 2 is 1.68 bits per heavy atom. The lowest BCUT2D eigenvalue weighted by molar-refractivity contribution is -0.137. The van der Waals surface area contributed by atoms with Crippen LogP contribution < -0.4 is 10.6 Å². The number of hydrogen-bond donors (Lipinski definition) is 1. The highest BCUT2D eigenvalue weighted by atomic mass is 19.4. The lowest BCUT2D eigenvalue weighted by atomic mass is 10.0. The number of rotatable bonds is 5. The highest BCUT2D eigenvalue weighted by Crippen LogP contribution is 2.30. The van der Waals surface area contributed by atoms with Gasteiger partial charge in [0, 0.05) is 25.3 Å². The molecule has 0 aliphatic rings. The highest BCUT2D eigenvalue weighted by molar-refractivity contribution is 5.47. The van der Waals surface area contributed by atoms with Crippen LogP contribution in [0.4, 0.5) is 18.9 Å². The molecule has 108 valence electrons. The van der Waals surface area contributed by atoms with Gasteiger partial charge in [0.05, 0.1) is 5.56 Å². The third-order valence-corrected chi connectivity index (χ3v) is 3.29. The minimum atomic E-state index is -4.28. The Morgan fingerprint density at radius 1 is 1.16 bits per heavy atom. The molecule has 0 aliphatic heterocycles. The van der Waals surface area contributed by atoms with E-state index >= 15 is 0 Å². The maximum atomic E-state index is 12.4. The molecule has 0 aliphatic carbocycles. The summed E-state index contributed by atoms with van der Waals surface area (Å²) in [6.07, 6.45) is -3.47. The van der Waals surface area contributed by atoms with Gasteiger partial charge in [-0.2, -0.15) is 13.2 Å². The fourth-order valence-electron chi connectivity index (χ4n) is 1.71. The first-order chi connectivity index (χ1) is 8.71. The molecule has 1 rings (SSSR count). The lowest BCUT2D eigenvalue weighted by Gasteiger charge is -2.23. The van der Waals surface area contributed by atoms with E-state index in [1.54, 1.807) is 0 Å². The number of halogens is 3. The van der Waals surface area contributed by atoms with Gasteiger partial charge in [-0.05, 0) is 36.6 Å². The van der Waals surface area contributed by atoms with E-state index in [-0.39, 0.29) is 6.04 Å². The zero-order valence-electron chi connectivity index (χ0n) is 11.5. The SMILES string of the molecule is CC(C)C(N)CCN(C)c1ccc(C(F)(F)F)cc1. The maximum Gasteiger partial charge on any atom is 0.416 e. The first-order valence-corrected chi connectivity index (χ1v) is 6.35. The molecule has 0 bridgehead atoms. The molecule has 1 aromatic carbocycles. The average Bonchev–Trinajstić information content (AvgIpc) is 2.34. The summed E-state index contributed by atoms with van der Waals surface area (Å²) in [5.41, 5.74) is 6.09. The van der Waals surface area contributed by atoms with Crippen LogP contribution in [0, 0.1) is 5.92 Å². The molecule has 1 unspecified atom stereocenters. The van der Waals surface area contributed by atoms with Gasteiger partial charge in [0.15, 0.2) is 0 Å². The Labute approximate surface area is 112 Å². The van der Waals surface area contributed by atoms with Crippen LogP contribution in [0.2, 0.25) is 0 Å². The summed E-state index contributed by atoms with van der Waals surface area (Å²) in [6, 6.07) is 5.30. The van der Waals surface area contributed by atoms with E-state index < -0.39 is 11.7 Å². The van der Waals surface area contributed by atoms with Gasteiger partial charge in [-0.1, -0.05) is 13.8 Å². The van der Waals surface area contributed by atoms with Gasteiger partial charge in [-0.15, -0.1) is 0 Å². The molecule has 0 radical (unpaired) electrons. The second-order valence-corrected chi connectivity index (χ2v) is 5.16. The van der Waals surface area contributed by atoms with Crippen molar-refractivity contribution in [1.29, 1.82) is 0 Å². The highest BCUT2D eigenvalue weighted by Gasteiger charge is 2.30. The van der Waals surface area contributed by atoms with Crippen LogP contribution in [0.3, 0.4) is 0 Å². The van der Waals surface area contributed by atoms with Crippen LogP contribution in [0.1, 0.15) is 25.8 Å². The van der Waals surface area contributed by atoms with Crippen LogP contribution in [0.25, 0.3) is 0 Å². The van der Waals surface area contributed by atoms with E-state index in [0.29, 0.717) is 5.92 Å². The van der Waals surface area contributed by atoms with E-state index in [2.05, 4.69) is 13.8 Å². The Balaban J connectivity index is 2.61. The molecule has 0 amide bonds. The average molecular weight is 274 g/mol. The predicted octanol–water partition coefficient (Wildman–Crippen LogP) is 3.52. The molecular weight excluding hydrogens is 253 g/mol. The number of nitrogens with zero attached hydrogens (tertiary/aromatic N) is 1. The van der Waals surface area contributed by atoms with Gasteiger partial charge in [-0.3, -0.25) is 0 Å². The molecule has 0 fully saturated rings. The second-order valence-electron chi connectivity index (χ2n) is 5.16. The molecule has 1 atom stereocenters. The van der Waals surface area contributed by atoms with Crippen molar-refractivity contribution in [1.82, 2.24) is 0 Å². The normalized spacial score (nSPS) is 13.7. The standard InChI is InChI=1S/C14H21F3N2/c1-10(2)13(18)8-9-19(3)12-6-4-11(5-7-12)14(15,16)17/h4-7,10,13H,8-9,18H2,1-3H3. The van der Waals surface area contributed by atoms with Gasteiger partial charge in [0.2, 0.25) is 0 Å². The van der Waals surface area contributed by atoms with Crippen LogP contribution in [-0.2, 0) is 6.18 Å². The van der Waals surface area contributed by atoms with Crippen LogP contribution in [0.5, 0.6) is 0 Å². The largest absolute Gasteiger partial charge is 0.416 e. The predicted molar refractivity (Wildman–Crippen MR) is 72.1 cm³/mol. The molecule has 0 heterocycles. The van der Waals surface area contributed by atoms with Gasteiger partial charge in [-0.25, -0.2) is 0 Å². The smallest absolute Gasteiger partial charge is 0.375 e. The number of benzene rings is 1. The van der Waals surface area contributed by atoms with E-state index in [1.807, 2.05) is 11.9 Å². The van der Waals surface area contributed by atoms with Crippen LogP contribution >= 0.6 is 0 Å². The van der Waals surface area contributed by atoms with Crippen molar-refractivity contribution < 1.29 is 13.2 Å². The summed E-state index contributed by atoms with van der Waals surface area (Å²) < 4.78 is 37.3. The van der Waals surface area contributed by atoms with Gasteiger partial charge >= 0.3 is 6.18 Å². The topological polar surface area (TPSA) is 29.3 Å². The third kappa shape index (κ3) is 4.74. The minimum absolute atomic E-state index is 0.108. The zero-order valence-corrected chi connectivity index (χ0v) is 11.5. The van der Waals surface area contributed by atoms with Crippen molar-refractivity contribution in [2.24, 2.45) is 11.7 Å². The monoisotopic (exact) mass is 274 g/mol. The van der Waals surface area contributed by atoms with E-state index in [0.717, 1.165) is 30.8 Å². The van der Waals surface area contributed by atoms with E-state index in [9.17, 15) is 13.2 Å². The van der Waals surface area contributed by atoms with E-state index in [1.165, 1.54) is 12.1 Å². The third-order valence-electron chi connectivity index (χ3n) is 3.29. The Morgan fingerprint density at radius 3 is 2.11 bits per heavy atom. The molecule has 0 spiro atoms. The summed E-state index contributed by atoms with van der Waals surface area (Å²) in [7, 11) is 1.86. The summed E-state index contributed by atoms with van der Waals surface area (Å²) >= 11 is 0. The number of alkyl halides is 3. The molecule has 0 saturated carbocycles. The van der Waals surface area contributed by atoms with Crippen molar-refractivity contribution in [2.75, 3.05) is 18.5 Å². The lowest BCUT2D eigenvalue weighted by Crippen LogP contribution is -2.31. The first kappa shape index (κ1) is 15.8. The van der Waals surface area contributed by atoms with E-state index in [4.69, 9.17) is 5.73 Å². The molecule has 5 heteroatoms. The van der Waals surface area contributed by atoms with Gasteiger partial charge in [0.1, 0.15) is 0 Å². The Hall–Kier alpha value is -1.23. The zero-order chi connectivity index (χ0) is 14.6. The quantitative estimate of drug-likeness (QED) is 0.890. The Bertz CT molecular complexity index is 385.